The quantitative estimate of drug-likeness (QED) is 0.247. The lowest BCUT2D eigenvalue weighted by Crippen LogP contribution is -2.34. The summed E-state index contributed by atoms with van der Waals surface area (Å²) < 4.78 is 7.53. The summed E-state index contributed by atoms with van der Waals surface area (Å²) in [6.45, 7) is 10.6. The summed E-state index contributed by atoms with van der Waals surface area (Å²) in [5, 5.41) is 10.7. The van der Waals surface area contributed by atoms with Crippen LogP contribution in [0.15, 0.2) is 54.9 Å². The van der Waals surface area contributed by atoms with Gasteiger partial charge in [0, 0.05) is 42.5 Å². The van der Waals surface area contributed by atoms with Crippen molar-refractivity contribution >= 4 is 23.2 Å². The van der Waals surface area contributed by atoms with E-state index >= 15 is 0 Å². The van der Waals surface area contributed by atoms with Crippen molar-refractivity contribution in [3.63, 3.8) is 0 Å². The van der Waals surface area contributed by atoms with Crippen molar-refractivity contribution in [2.45, 2.75) is 27.2 Å². The normalized spacial score (nSPS) is 11.2. The van der Waals surface area contributed by atoms with E-state index in [9.17, 15) is 4.79 Å². The maximum atomic E-state index is 12.5. The van der Waals surface area contributed by atoms with E-state index in [1.807, 2.05) is 30.3 Å². The number of hydrogen-bond donors (Lipinski definition) is 3. The average molecular weight is 517 g/mol. The average Bonchev–Trinajstić information content (AvgIpc) is 3.42. The zero-order chi connectivity index (χ0) is 26.9. The van der Waals surface area contributed by atoms with Gasteiger partial charge in [0.1, 0.15) is 24.5 Å². The number of benzene rings is 2. The van der Waals surface area contributed by atoms with E-state index in [1.165, 1.54) is 6.33 Å². The minimum Gasteiger partial charge on any atom is -0.492 e. The minimum absolute atomic E-state index is 0.0857. The third-order valence-corrected chi connectivity index (χ3v) is 6.34. The molecule has 4 aromatic rings. The molecule has 10 nitrogen and oxygen atoms in total. The van der Waals surface area contributed by atoms with Crippen molar-refractivity contribution in [1.82, 2.24) is 29.8 Å². The Hall–Kier alpha value is -4.02. The molecule has 38 heavy (non-hydrogen) atoms. The van der Waals surface area contributed by atoms with Crippen LogP contribution in [0, 0.1) is 0 Å². The maximum Gasteiger partial charge on any atom is 0.254 e. The van der Waals surface area contributed by atoms with E-state index in [0.29, 0.717) is 36.9 Å². The number of ether oxygens (including phenoxy) is 1. The van der Waals surface area contributed by atoms with Crippen LogP contribution < -0.4 is 21.1 Å². The molecular formula is C28H36N8O2. The molecule has 0 atom stereocenters. The van der Waals surface area contributed by atoms with Gasteiger partial charge in [0.15, 0.2) is 0 Å². The fourth-order valence-corrected chi connectivity index (χ4v) is 4.18. The Morgan fingerprint density at radius 2 is 1.87 bits per heavy atom. The molecule has 0 fully saturated rings. The number of carbonyl (C=O) groups excluding carboxylic acids is 1. The molecule has 2 aromatic carbocycles. The number of aryl methyl sites for hydroxylation is 1. The second-order valence-corrected chi connectivity index (χ2v) is 8.84. The first-order valence-electron chi connectivity index (χ1n) is 13.1. The summed E-state index contributed by atoms with van der Waals surface area (Å²) in [5.41, 5.74) is 9.95. The predicted molar refractivity (Wildman–Crippen MR) is 150 cm³/mol. The van der Waals surface area contributed by atoms with Gasteiger partial charge < -0.3 is 26.0 Å². The molecule has 0 aliphatic rings. The highest BCUT2D eigenvalue weighted by Crippen LogP contribution is 2.29. The summed E-state index contributed by atoms with van der Waals surface area (Å²) in [5.74, 6) is 1.76. The number of nitrogens with two attached hydrogens (primary N) is 1. The molecule has 0 spiro atoms. The second kappa shape index (κ2) is 13.0. The van der Waals surface area contributed by atoms with Gasteiger partial charge in [-0.25, -0.2) is 0 Å². The minimum atomic E-state index is -0.0857. The molecule has 2 aromatic heterocycles. The molecule has 0 saturated heterocycles. The lowest BCUT2D eigenvalue weighted by Gasteiger charge is -2.18. The van der Waals surface area contributed by atoms with E-state index in [-0.39, 0.29) is 5.91 Å². The van der Waals surface area contributed by atoms with Crippen LogP contribution >= 0.6 is 0 Å². The van der Waals surface area contributed by atoms with Crippen molar-refractivity contribution in [3.8, 4) is 17.0 Å². The van der Waals surface area contributed by atoms with E-state index in [0.717, 1.165) is 54.3 Å². The number of fused-ring (bicyclic) bond motifs is 1. The van der Waals surface area contributed by atoms with Gasteiger partial charge in [-0.15, -0.1) is 0 Å². The monoisotopic (exact) mass is 516 g/mol. The third-order valence-electron chi connectivity index (χ3n) is 6.34. The Morgan fingerprint density at radius 1 is 1.08 bits per heavy atom. The lowest BCUT2D eigenvalue weighted by molar-refractivity contribution is 0.0949. The van der Waals surface area contributed by atoms with Crippen LogP contribution in [-0.4, -0.2) is 69.7 Å². The van der Waals surface area contributed by atoms with Crippen molar-refractivity contribution in [1.29, 1.82) is 0 Å². The highest BCUT2D eigenvalue weighted by molar-refractivity contribution is 5.94. The number of nitrogens with one attached hydrogen (secondary N) is 2. The van der Waals surface area contributed by atoms with Gasteiger partial charge in [0.05, 0.1) is 5.69 Å². The lowest BCUT2D eigenvalue weighted by atomic mass is 10.1. The molecule has 0 unspecified atom stereocenters. The number of rotatable bonds is 13. The van der Waals surface area contributed by atoms with Crippen LogP contribution in [0.3, 0.4) is 0 Å². The number of likely N-dealkylation sites (N-methyl/N-ethyl adjacent to an activating group) is 1. The molecule has 0 aliphatic heterocycles. The molecular weight excluding hydrogens is 480 g/mol. The summed E-state index contributed by atoms with van der Waals surface area (Å²) >= 11 is 0. The number of amides is 1. The Balaban J connectivity index is 1.53. The van der Waals surface area contributed by atoms with E-state index < -0.39 is 0 Å². The van der Waals surface area contributed by atoms with Gasteiger partial charge >= 0.3 is 0 Å². The molecule has 0 radical (unpaired) electrons. The molecule has 4 N–H and O–H groups in total. The zero-order valence-corrected chi connectivity index (χ0v) is 22.3. The van der Waals surface area contributed by atoms with E-state index in [2.05, 4.69) is 57.4 Å². The van der Waals surface area contributed by atoms with Gasteiger partial charge in [-0.05, 0) is 67.5 Å². The first-order chi connectivity index (χ1) is 18.5. The standard InChI is InChI=1S/C28H36N8O2/c1-4-20-15-22(17-24(16-20)38-14-11-29)25-18-26(34-28-31-19-32-36(25)28)33-23-9-7-21(8-10-23)27(37)30-12-13-35(5-2)6-3/h7-10,15-19H,4-6,11-14,29H2,1-3H3,(H,30,37)(H,31,32,33,34). The Kier molecular flexibility index (Phi) is 9.23. The molecule has 1 amide bonds. The third kappa shape index (κ3) is 6.64. The Morgan fingerprint density at radius 3 is 2.58 bits per heavy atom. The van der Waals surface area contributed by atoms with Crippen molar-refractivity contribution in [2.24, 2.45) is 5.73 Å². The summed E-state index contributed by atoms with van der Waals surface area (Å²) in [4.78, 5) is 23.7. The molecule has 4 rings (SSSR count). The first-order valence-corrected chi connectivity index (χ1v) is 13.1. The smallest absolute Gasteiger partial charge is 0.254 e. The Labute approximate surface area is 223 Å². The molecule has 200 valence electrons. The van der Waals surface area contributed by atoms with Gasteiger partial charge in [0.25, 0.3) is 11.7 Å². The van der Waals surface area contributed by atoms with E-state index in [4.69, 9.17) is 10.5 Å². The van der Waals surface area contributed by atoms with Crippen LogP contribution in [-0.2, 0) is 6.42 Å². The molecule has 10 heteroatoms. The molecule has 0 aliphatic carbocycles. The summed E-state index contributed by atoms with van der Waals surface area (Å²) in [6.07, 6.45) is 2.34. The zero-order valence-electron chi connectivity index (χ0n) is 22.3. The first kappa shape index (κ1) is 27.0. The van der Waals surface area contributed by atoms with Crippen LogP contribution in [0.2, 0.25) is 0 Å². The van der Waals surface area contributed by atoms with Crippen molar-refractivity contribution in [3.05, 3.63) is 66.0 Å². The topological polar surface area (TPSA) is 123 Å². The van der Waals surface area contributed by atoms with Crippen LogP contribution in [0.4, 0.5) is 11.5 Å². The highest BCUT2D eigenvalue weighted by Gasteiger charge is 2.13. The highest BCUT2D eigenvalue weighted by atomic mass is 16.5. The van der Waals surface area contributed by atoms with Crippen LogP contribution in [0.25, 0.3) is 17.0 Å². The van der Waals surface area contributed by atoms with E-state index in [1.54, 1.807) is 16.6 Å². The maximum absolute atomic E-state index is 12.5. The fourth-order valence-electron chi connectivity index (χ4n) is 4.18. The molecule has 0 bridgehead atoms. The summed E-state index contributed by atoms with van der Waals surface area (Å²) in [7, 11) is 0. The van der Waals surface area contributed by atoms with Crippen molar-refractivity contribution < 1.29 is 9.53 Å². The largest absolute Gasteiger partial charge is 0.492 e. The Bertz CT molecular complexity index is 1350. The fraction of sp³-hybridized carbons (Fsp3) is 0.357. The molecule has 2 heterocycles. The predicted octanol–water partition coefficient (Wildman–Crippen LogP) is 3.51. The number of anilines is 2. The number of carbonyl (C=O) groups is 1. The second-order valence-electron chi connectivity index (χ2n) is 8.84. The number of hydrogen-bond acceptors (Lipinski definition) is 8. The number of nitrogens with zero attached hydrogens (tertiary/aromatic N) is 5. The van der Waals surface area contributed by atoms with Crippen LogP contribution in [0.1, 0.15) is 36.7 Å². The van der Waals surface area contributed by atoms with Gasteiger partial charge in [-0.1, -0.05) is 20.8 Å². The molecule has 0 saturated carbocycles. The van der Waals surface area contributed by atoms with Crippen LogP contribution in [0.5, 0.6) is 5.75 Å². The van der Waals surface area contributed by atoms with Gasteiger partial charge in [-0.3, -0.25) is 4.79 Å². The van der Waals surface area contributed by atoms with Gasteiger partial charge in [-0.2, -0.15) is 19.6 Å². The summed E-state index contributed by atoms with van der Waals surface area (Å²) in [6, 6.07) is 15.4. The van der Waals surface area contributed by atoms with Crippen molar-refractivity contribution in [2.75, 3.05) is 44.6 Å². The van der Waals surface area contributed by atoms with Gasteiger partial charge in [0.2, 0.25) is 0 Å². The number of aromatic nitrogens is 4. The SMILES string of the molecule is CCc1cc(OCCN)cc(-c2cc(Nc3ccc(C(=O)NCCN(CC)CC)cc3)nc3ncnn23)c1.